The Hall–Kier alpha value is -2.30. The van der Waals surface area contributed by atoms with Gasteiger partial charge in [-0.05, 0) is 24.3 Å². The maximum atomic E-state index is 12.7. The molecule has 5 heteroatoms. The molecule has 1 aromatic carbocycles. The number of carbonyl (C=O) groups is 1. The average molecular weight is 370 g/mol. The molecular weight excluding hydrogens is 338 g/mol. The van der Waals surface area contributed by atoms with Crippen molar-refractivity contribution in [2.45, 2.75) is 52.5 Å². The van der Waals surface area contributed by atoms with Crippen molar-refractivity contribution in [3.05, 3.63) is 47.5 Å². The Labute approximate surface area is 162 Å². The summed E-state index contributed by atoms with van der Waals surface area (Å²) in [4.78, 5) is 17.3. The summed E-state index contributed by atoms with van der Waals surface area (Å²) in [6, 6.07) is 7.99. The summed E-state index contributed by atoms with van der Waals surface area (Å²) in [5.41, 5.74) is 2.15. The van der Waals surface area contributed by atoms with Crippen molar-refractivity contribution in [1.82, 2.24) is 14.9 Å². The molecule has 1 aromatic heterocycles. The summed E-state index contributed by atoms with van der Waals surface area (Å²) < 4.78 is 7.92. The quantitative estimate of drug-likeness (QED) is 0.808. The molecule has 0 spiro atoms. The molecule has 3 rings (SSSR count). The van der Waals surface area contributed by atoms with Crippen molar-refractivity contribution >= 4 is 5.91 Å². The van der Waals surface area contributed by atoms with Crippen LogP contribution in [0.1, 0.15) is 56.6 Å². The number of hydrogen-bond donors (Lipinski definition) is 1. The van der Waals surface area contributed by atoms with Gasteiger partial charge in [-0.15, -0.1) is 0 Å². The number of hydrogen-bond acceptors (Lipinski definition) is 3. The fourth-order valence-electron chi connectivity index (χ4n) is 3.80. The van der Waals surface area contributed by atoms with Crippen LogP contribution < -0.4 is 10.1 Å². The number of ether oxygens (including phenoxy) is 1. The summed E-state index contributed by atoms with van der Waals surface area (Å²) >= 11 is 0. The summed E-state index contributed by atoms with van der Waals surface area (Å²) in [6.45, 7) is 8.14. The molecule has 0 bridgehead atoms. The highest BCUT2D eigenvalue weighted by atomic mass is 16.5. The molecule has 146 valence electrons. The Balaban J connectivity index is 1.94. The topological polar surface area (TPSA) is 56.1 Å². The first-order chi connectivity index (χ1) is 13.0. The number of nitrogens with zero attached hydrogens (tertiary/aromatic N) is 2. The van der Waals surface area contributed by atoms with Crippen LogP contribution in [0.4, 0.5) is 0 Å². The van der Waals surface area contributed by atoms with Gasteiger partial charge in [0.1, 0.15) is 11.6 Å². The molecule has 1 amide bonds. The number of amides is 1. The minimum atomic E-state index is -0.0667. The van der Waals surface area contributed by atoms with Crippen LogP contribution in [-0.2, 0) is 17.8 Å². The molecule has 0 unspecified atom stereocenters. The van der Waals surface area contributed by atoms with Crippen LogP contribution >= 0.6 is 0 Å². The number of carbonyl (C=O) groups excluding carboxylic acids is 1. The Bertz CT molecular complexity index is 782. The van der Waals surface area contributed by atoms with E-state index in [9.17, 15) is 4.79 Å². The van der Waals surface area contributed by atoms with Gasteiger partial charge in [0.25, 0.3) is 0 Å². The molecule has 27 heavy (non-hydrogen) atoms. The van der Waals surface area contributed by atoms with E-state index < -0.39 is 0 Å². The lowest BCUT2D eigenvalue weighted by molar-refractivity contribution is -0.121. The van der Waals surface area contributed by atoms with Crippen molar-refractivity contribution in [3.63, 3.8) is 0 Å². The third-order valence-corrected chi connectivity index (χ3v) is 5.31. The summed E-state index contributed by atoms with van der Waals surface area (Å²) in [6.07, 6.45) is 4.50. The highest BCUT2D eigenvalue weighted by Crippen LogP contribution is 2.36. The number of benzene rings is 1. The number of methoxy groups -OCH3 is 1. The molecule has 0 saturated heterocycles. The normalized spacial score (nSPS) is 17.4. The molecule has 5 nitrogen and oxygen atoms in total. The Morgan fingerprint density at radius 2 is 2.15 bits per heavy atom. The number of imidazole rings is 1. The van der Waals surface area contributed by atoms with Crippen LogP contribution in [0.25, 0.3) is 0 Å². The maximum absolute atomic E-state index is 12.7. The van der Waals surface area contributed by atoms with Gasteiger partial charge in [-0.3, -0.25) is 4.79 Å². The van der Waals surface area contributed by atoms with E-state index in [0.29, 0.717) is 24.8 Å². The van der Waals surface area contributed by atoms with Crippen LogP contribution in [0.15, 0.2) is 30.5 Å². The van der Waals surface area contributed by atoms with E-state index in [1.807, 2.05) is 24.4 Å². The molecule has 2 heterocycles. The fourth-order valence-corrected chi connectivity index (χ4v) is 3.80. The van der Waals surface area contributed by atoms with Gasteiger partial charge in [0.2, 0.25) is 5.91 Å². The van der Waals surface area contributed by atoms with E-state index in [4.69, 9.17) is 4.74 Å². The van der Waals surface area contributed by atoms with E-state index >= 15 is 0 Å². The average Bonchev–Trinajstić information content (AvgIpc) is 3.07. The first-order valence-corrected chi connectivity index (χ1v) is 9.93. The number of aromatic nitrogens is 2. The van der Waals surface area contributed by atoms with Crippen molar-refractivity contribution in [2.24, 2.45) is 11.8 Å². The van der Waals surface area contributed by atoms with Gasteiger partial charge in [0.05, 0.1) is 7.11 Å². The SMILES string of the molecule is COc1ccccc1[C@@H](CC(=O)NCC(C)C)c1cnc2n1CC[C@@H](C)C2. The highest BCUT2D eigenvalue weighted by Gasteiger charge is 2.28. The van der Waals surface area contributed by atoms with Gasteiger partial charge in [-0.1, -0.05) is 39.0 Å². The van der Waals surface area contributed by atoms with Crippen molar-refractivity contribution in [3.8, 4) is 5.75 Å². The third kappa shape index (κ3) is 4.52. The lowest BCUT2D eigenvalue weighted by Crippen LogP contribution is -2.29. The molecule has 1 aliphatic rings. The smallest absolute Gasteiger partial charge is 0.221 e. The second kappa shape index (κ2) is 8.59. The predicted molar refractivity (Wildman–Crippen MR) is 107 cm³/mol. The second-order valence-electron chi connectivity index (χ2n) is 8.05. The Kier molecular flexibility index (Phi) is 6.19. The predicted octanol–water partition coefficient (Wildman–Crippen LogP) is 3.77. The molecule has 0 fully saturated rings. The van der Waals surface area contributed by atoms with Crippen LogP contribution in [0.3, 0.4) is 0 Å². The molecular formula is C22H31N3O2. The van der Waals surface area contributed by atoms with E-state index in [2.05, 4.69) is 41.7 Å². The largest absolute Gasteiger partial charge is 0.496 e. The van der Waals surface area contributed by atoms with Crippen LogP contribution in [0, 0.1) is 11.8 Å². The van der Waals surface area contributed by atoms with Gasteiger partial charge in [0, 0.05) is 49.3 Å². The van der Waals surface area contributed by atoms with Crippen molar-refractivity contribution in [1.29, 1.82) is 0 Å². The third-order valence-electron chi connectivity index (χ3n) is 5.31. The molecule has 2 atom stereocenters. The molecule has 0 radical (unpaired) electrons. The summed E-state index contributed by atoms with van der Waals surface area (Å²) in [7, 11) is 1.68. The second-order valence-corrected chi connectivity index (χ2v) is 8.05. The zero-order chi connectivity index (χ0) is 19.4. The van der Waals surface area contributed by atoms with E-state index in [1.165, 1.54) is 0 Å². The lowest BCUT2D eigenvalue weighted by Gasteiger charge is -2.26. The first kappa shape index (κ1) is 19.5. The van der Waals surface area contributed by atoms with E-state index in [1.54, 1.807) is 7.11 Å². The monoisotopic (exact) mass is 369 g/mol. The fraction of sp³-hybridized carbons (Fsp3) is 0.545. The number of nitrogens with one attached hydrogen (secondary N) is 1. The first-order valence-electron chi connectivity index (χ1n) is 9.93. The Morgan fingerprint density at radius 1 is 1.37 bits per heavy atom. The lowest BCUT2D eigenvalue weighted by atomic mass is 9.90. The van der Waals surface area contributed by atoms with Gasteiger partial charge in [0.15, 0.2) is 0 Å². The van der Waals surface area contributed by atoms with Gasteiger partial charge in [-0.25, -0.2) is 4.98 Å². The van der Waals surface area contributed by atoms with Crippen molar-refractivity contribution < 1.29 is 9.53 Å². The minimum Gasteiger partial charge on any atom is -0.496 e. The maximum Gasteiger partial charge on any atom is 0.221 e. The number of para-hydroxylation sites is 1. The molecule has 0 aliphatic carbocycles. The summed E-state index contributed by atoms with van der Waals surface area (Å²) in [5, 5.41) is 3.06. The zero-order valence-electron chi connectivity index (χ0n) is 16.9. The number of rotatable bonds is 7. The van der Waals surface area contributed by atoms with Crippen molar-refractivity contribution in [2.75, 3.05) is 13.7 Å². The van der Waals surface area contributed by atoms with Crippen LogP contribution in [-0.4, -0.2) is 29.1 Å². The summed E-state index contributed by atoms with van der Waals surface area (Å²) in [5.74, 6) is 3.04. The molecule has 1 N–H and O–H groups in total. The number of fused-ring (bicyclic) bond motifs is 1. The minimum absolute atomic E-state index is 0.0667. The molecule has 0 saturated carbocycles. The Morgan fingerprint density at radius 3 is 2.89 bits per heavy atom. The highest BCUT2D eigenvalue weighted by molar-refractivity contribution is 5.77. The van der Waals surface area contributed by atoms with E-state index in [0.717, 1.165) is 42.2 Å². The van der Waals surface area contributed by atoms with Gasteiger partial charge in [-0.2, -0.15) is 0 Å². The standard InChI is InChI=1S/C22H31N3O2/c1-15(2)13-24-22(26)12-18(17-7-5-6-8-20(17)27-4)19-14-23-21-11-16(3)9-10-25(19)21/h5-8,14-16,18H,9-13H2,1-4H3,(H,24,26)/t16-,18-/m1/s1. The molecule has 2 aromatic rings. The van der Waals surface area contributed by atoms with Gasteiger partial charge >= 0.3 is 0 Å². The van der Waals surface area contributed by atoms with Crippen LogP contribution in [0.2, 0.25) is 0 Å². The van der Waals surface area contributed by atoms with Crippen LogP contribution in [0.5, 0.6) is 5.75 Å². The zero-order valence-corrected chi connectivity index (χ0v) is 16.9. The van der Waals surface area contributed by atoms with E-state index in [-0.39, 0.29) is 11.8 Å². The molecule has 1 aliphatic heterocycles. The van der Waals surface area contributed by atoms with Gasteiger partial charge < -0.3 is 14.6 Å².